The molecule has 6 nitrogen and oxygen atoms in total. The third-order valence-corrected chi connectivity index (χ3v) is 2.62. The highest BCUT2D eigenvalue weighted by molar-refractivity contribution is 5.79. The van der Waals surface area contributed by atoms with Gasteiger partial charge in [-0.05, 0) is 17.7 Å². The van der Waals surface area contributed by atoms with Gasteiger partial charge in [0.05, 0.1) is 38.9 Å². The summed E-state index contributed by atoms with van der Waals surface area (Å²) in [5, 5.41) is 7.23. The molecule has 0 spiro atoms. The largest absolute Gasteiger partial charge is 0.491 e. The zero-order chi connectivity index (χ0) is 15.3. The third kappa shape index (κ3) is 9.01. The number of methoxy groups -OCH3 is 1. The lowest BCUT2D eigenvalue weighted by Crippen LogP contribution is -2.13. The summed E-state index contributed by atoms with van der Waals surface area (Å²) in [5.41, 5.74) is 6.35. The van der Waals surface area contributed by atoms with Gasteiger partial charge in [-0.2, -0.15) is 0 Å². The minimum atomic E-state index is 0.157. The highest BCUT2D eigenvalue weighted by Crippen LogP contribution is 2.12. The van der Waals surface area contributed by atoms with E-state index in [0.717, 1.165) is 11.3 Å². The van der Waals surface area contributed by atoms with E-state index in [1.54, 1.807) is 7.11 Å². The van der Waals surface area contributed by atoms with Gasteiger partial charge in [0, 0.05) is 13.5 Å². The predicted molar refractivity (Wildman–Crippen MR) is 81.1 cm³/mol. The second kappa shape index (κ2) is 11.1. The Morgan fingerprint density at radius 3 is 2.10 bits per heavy atom. The van der Waals surface area contributed by atoms with Crippen LogP contribution in [0.3, 0.4) is 0 Å². The molecule has 1 aromatic carbocycles. The Hall–Kier alpha value is -1.63. The molecule has 3 N–H and O–H groups in total. The van der Waals surface area contributed by atoms with Crippen molar-refractivity contribution in [2.45, 2.75) is 6.42 Å². The van der Waals surface area contributed by atoms with E-state index in [-0.39, 0.29) is 5.84 Å². The second-order valence-corrected chi connectivity index (χ2v) is 4.41. The fourth-order valence-corrected chi connectivity index (χ4v) is 1.61. The maximum absolute atomic E-state index is 7.23. The quantitative estimate of drug-likeness (QED) is 0.344. The number of benzene rings is 1. The molecule has 0 unspecified atom stereocenters. The minimum Gasteiger partial charge on any atom is -0.491 e. The van der Waals surface area contributed by atoms with E-state index in [4.69, 9.17) is 30.1 Å². The summed E-state index contributed by atoms with van der Waals surface area (Å²) >= 11 is 0. The fourth-order valence-electron chi connectivity index (χ4n) is 1.61. The molecule has 0 amide bonds. The van der Waals surface area contributed by atoms with Crippen molar-refractivity contribution in [1.82, 2.24) is 0 Å². The van der Waals surface area contributed by atoms with Crippen LogP contribution in [0.2, 0.25) is 0 Å². The van der Waals surface area contributed by atoms with Gasteiger partial charge in [-0.15, -0.1) is 0 Å². The number of hydrogen-bond acceptors (Lipinski definition) is 5. The maximum Gasteiger partial charge on any atom is 0.119 e. The zero-order valence-electron chi connectivity index (χ0n) is 12.5. The summed E-state index contributed by atoms with van der Waals surface area (Å²) < 4.78 is 21.0. The van der Waals surface area contributed by atoms with E-state index in [1.165, 1.54) is 0 Å². The normalized spacial score (nSPS) is 10.5. The van der Waals surface area contributed by atoms with E-state index >= 15 is 0 Å². The van der Waals surface area contributed by atoms with Gasteiger partial charge in [-0.1, -0.05) is 12.1 Å². The summed E-state index contributed by atoms with van der Waals surface area (Å²) in [6.07, 6.45) is 0.465. The Balaban J connectivity index is 2.03. The molecule has 0 atom stereocenters. The Morgan fingerprint density at radius 2 is 1.52 bits per heavy atom. The van der Waals surface area contributed by atoms with Crippen LogP contribution in [-0.4, -0.2) is 52.6 Å². The van der Waals surface area contributed by atoms with Crippen molar-refractivity contribution in [3.63, 3.8) is 0 Å². The van der Waals surface area contributed by atoms with Crippen molar-refractivity contribution in [2.24, 2.45) is 5.73 Å². The first-order valence-corrected chi connectivity index (χ1v) is 6.91. The lowest BCUT2D eigenvalue weighted by molar-refractivity contribution is 0.0180. The van der Waals surface area contributed by atoms with E-state index in [0.29, 0.717) is 46.1 Å². The highest BCUT2D eigenvalue weighted by atomic mass is 16.6. The SMILES string of the molecule is COCCOCCOCCOc1ccc(CC(=N)N)cc1. The van der Waals surface area contributed by atoms with E-state index < -0.39 is 0 Å². The minimum absolute atomic E-state index is 0.157. The number of rotatable bonds is 12. The summed E-state index contributed by atoms with van der Waals surface area (Å²) in [4.78, 5) is 0. The predicted octanol–water partition coefficient (Wildman–Crippen LogP) is 1.22. The molecule has 1 aromatic rings. The van der Waals surface area contributed by atoms with Gasteiger partial charge in [0.15, 0.2) is 0 Å². The van der Waals surface area contributed by atoms with Crippen LogP contribution in [0.4, 0.5) is 0 Å². The third-order valence-electron chi connectivity index (χ3n) is 2.62. The molecular weight excluding hydrogens is 272 g/mol. The van der Waals surface area contributed by atoms with Crippen molar-refractivity contribution in [1.29, 1.82) is 5.41 Å². The molecule has 0 heterocycles. The van der Waals surface area contributed by atoms with Gasteiger partial charge in [0.2, 0.25) is 0 Å². The molecule has 0 saturated heterocycles. The average Bonchev–Trinajstić information content (AvgIpc) is 2.47. The summed E-state index contributed by atoms with van der Waals surface area (Å²) in [6, 6.07) is 7.54. The van der Waals surface area contributed by atoms with Crippen molar-refractivity contribution >= 4 is 5.84 Å². The molecule has 118 valence electrons. The molecule has 0 bridgehead atoms. The highest BCUT2D eigenvalue weighted by Gasteiger charge is 1.98. The molecular formula is C15H24N2O4. The van der Waals surface area contributed by atoms with Crippen LogP contribution in [0.1, 0.15) is 5.56 Å². The van der Waals surface area contributed by atoms with E-state index in [9.17, 15) is 0 Å². The number of hydrogen-bond donors (Lipinski definition) is 2. The van der Waals surface area contributed by atoms with Crippen LogP contribution in [0.5, 0.6) is 5.75 Å². The smallest absolute Gasteiger partial charge is 0.119 e. The molecule has 0 aromatic heterocycles. The lowest BCUT2D eigenvalue weighted by Gasteiger charge is -2.08. The zero-order valence-corrected chi connectivity index (χ0v) is 12.5. The first-order valence-electron chi connectivity index (χ1n) is 6.91. The van der Waals surface area contributed by atoms with Crippen molar-refractivity contribution in [3.05, 3.63) is 29.8 Å². The molecule has 6 heteroatoms. The summed E-state index contributed by atoms with van der Waals surface area (Å²) in [6.45, 7) is 3.30. The molecule has 21 heavy (non-hydrogen) atoms. The molecule has 1 rings (SSSR count). The molecule has 0 aliphatic heterocycles. The van der Waals surface area contributed by atoms with Gasteiger partial charge in [0.25, 0.3) is 0 Å². The molecule has 0 radical (unpaired) electrons. The summed E-state index contributed by atoms with van der Waals surface area (Å²) in [5.74, 6) is 0.937. The Kier molecular flexibility index (Phi) is 9.19. The number of ether oxygens (including phenoxy) is 4. The second-order valence-electron chi connectivity index (χ2n) is 4.41. The Labute approximate surface area is 125 Å². The van der Waals surface area contributed by atoms with Crippen LogP contribution in [0.15, 0.2) is 24.3 Å². The van der Waals surface area contributed by atoms with Crippen LogP contribution in [-0.2, 0) is 20.6 Å². The van der Waals surface area contributed by atoms with Gasteiger partial charge in [0.1, 0.15) is 12.4 Å². The van der Waals surface area contributed by atoms with Gasteiger partial charge >= 0.3 is 0 Å². The Morgan fingerprint density at radius 1 is 0.952 bits per heavy atom. The molecule has 0 aliphatic carbocycles. The fraction of sp³-hybridized carbons (Fsp3) is 0.533. The van der Waals surface area contributed by atoms with E-state index in [1.807, 2.05) is 24.3 Å². The average molecular weight is 296 g/mol. The number of nitrogens with one attached hydrogen (secondary N) is 1. The van der Waals surface area contributed by atoms with Gasteiger partial charge < -0.3 is 24.7 Å². The molecule has 0 saturated carbocycles. The van der Waals surface area contributed by atoms with Gasteiger partial charge in [-0.3, -0.25) is 5.41 Å². The van der Waals surface area contributed by atoms with E-state index in [2.05, 4.69) is 0 Å². The van der Waals surface area contributed by atoms with Crippen molar-refractivity contribution < 1.29 is 18.9 Å². The Bertz CT molecular complexity index is 395. The standard InChI is InChI=1S/C15H24N2O4/c1-18-6-7-19-8-9-20-10-11-21-14-4-2-13(3-5-14)12-15(16)17/h2-5H,6-12H2,1H3,(H3,16,17). The first kappa shape index (κ1) is 17.4. The lowest BCUT2D eigenvalue weighted by atomic mass is 10.1. The first-order chi connectivity index (χ1) is 10.2. The molecule has 0 aliphatic rings. The molecule has 0 fully saturated rings. The van der Waals surface area contributed by atoms with Crippen molar-refractivity contribution in [3.8, 4) is 5.75 Å². The van der Waals surface area contributed by atoms with Gasteiger partial charge in [-0.25, -0.2) is 0 Å². The van der Waals surface area contributed by atoms with Crippen LogP contribution in [0, 0.1) is 5.41 Å². The number of amidine groups is 1. The maximum atomic E-state index is 7.23. The van der Waals surface area contributed by atoms with Crippen LogP contribution in [0.25, 0.3) is 0 Å². The summed E-state index contributed by atoms with van der Waals surface area (Å²) in [7, 11) is 1.64. The monoisotopic (exact) mass is 296 g/mol. The topological polar surface area (TPSA) is 86.8 Å². The van der Waals surface area contributed by atoms with Crippen molar-refractivity contribution in [2.75, 3.05) is 46.8 Å². The van der Waals surface area contributed by atoms with Crippen LogP contribution >= 0.6 is 0 Å². The number of nitrogens with two attached hydrogens (primary N) is 1. The van der Waals surface area contributed by atoms with Crippen LogP contribution < -0.4 is 10.5 Å².